The van der Waals surface area contributed by atoms with Crippen LogP contribution in [0, 0.1) is 0 Å². The summed E-state index contributed by atoms with van der Waals surface area (Å²) >= 11 is 53.4. The van der Waals surface area contributed by atoms with Gasteiger partial charge in [-0.05, 0) is 111 Å². The van der Waals surface area contributed by atoms with Gasteiger partial charge in [0.05, 0.1) is 13.2 Å². The molecule has 2 amide bonds. The first-order valence-corrected chi connectivity index (χ1v) is 369. The molecule has 0 radical (unpaired) electrons. The Morgan fingerprint density at radius 3 is 0.827 bits per heavy atom. The maximum atomic E-state index is 13.0. The van der Waals surface area contributed by atoms with Crippen LogP contribution in [0.4, 0.5) is 0 Å². The number of amides is 2. The number of hydrogen-bond donors (Lipinski definition) is 1. The van der Waals surface area contributed by atoms with Gasteiger partial charge in [0.15, 0.2) is 0 Å². The van der Waals surface area contributed by atoms with E-state index in [0.717, 1.165) is 38.7 Å². The molecule has 0 aliphatic carbocycles. The molecule has 0 aliphatic heterocycles. The van der Waals surface area contributed by atoms with E-state index in [1.807, 2.05) is 170 Å². The normalized spacial score (nSPS) is 7.96. The topological polar surface area (TPSA) is 227 Å². The van der Waals surface area contributed by atoms with Crippen LogP contribution in [-0.4, -0.2) is 1310 Å². The first-order valence-electron chi connectivity index (χ1n) is 47.4. The van der Waals surface area contributed by atoms with Gasteiger partial charge >= 0.3 is 1520 Å². The Morgan fingerprint density at radius 2 is 0.571 bits per heavy atom. The van der Waals surface area contributed by atoms with Crippen LogP contribution in [-0.2, 0) is 81.6 Å². The van der Waals surface area contributed by atoms with Gasteiger partial charge in [-0.2, -0.15) is 0 Å². The van der Waals surface area contributed by atoms with Gasteiger partial charge in [-0.3, -0.25) is 38.4 Å². The van der Waals surface area contributed by atoms with Crippen LogP contribution >= 0.6 is 15.9 Å². The SMILES string of the molecule is BrCc1ccccc1.CC(=O)Oc1ccc(/C(=N/OCc2ccccc2)OCc2ccccc2)cc1.CC(=O)Oc1ccc(C(=O)N(Cc2ccccc2)OCc2ccccc2)cc1.CC(=O)Oc1ccc(C(=O)NOCc2ccccc2)cc1.O=CO[O-].[Cs+].[Cs+].[H-].[H-].[H-].[K+].[K+].[K][K].[K][K].[K][K].[K][K].[K][K].[K][K].[K][K].[K][K].[K][K].[K][K].[K][K].[K][K].[K][K].[K][K].[K][K].[K][K].[K][K].[K][K].[K][K].[K][K]. The summed E-state index contributed by atoms with van der Waals surface area (Å²) in [4.78, 5) is 85.5. The number of carbonyl (C=O) groups excluding carboxylic acids is 6. The molecule has 0 aliphatic rings. The van der Waals surface area contributed by atoms with Crippen molar-refractivity contribution < 1.29 is 317 Å². The fourth-order valence-electron chi connectivity index (χ4n) is 7.31. The Bertz CT molecular complexity index is 3670. The summed E-state index contributed by atoms with van der Waals surface area (Å²) in [5, 5.41) is 14.9. The van der Waals surface area contributed by atoms with Crippen molar-refractivity contribution in [3.05, 3.63) is 305 Å². The van der Waals surface area contributed by atoms with Crippen molar-refractivity contribution in [1.82, 2.24) is 10.5 Å². The average molecular weight is 3180 g/mol. The van der Waals surface area contributed by atoms with Gasteiger partial charge < -0.3 is 38.2 Å². The van der Waals surface area contributed by atoms with Crippen molar-refractivity contribution in [1.29, 1.82) is 0 Å². The fraction of sp³-hybridized carbons (Fsp3) is 0.129. The second kappa shape index (κ2) is 228. The monoisotopic (exact) mass is 3170 g/mol. The van der Waals surface area contributed by atoms with E-state index in [-0.39, 0.29) is 282 Å². The molecule has 9 aromatic rings. The molecule has 9 rings (SSSR count). The van der Waals surface area contributed by atoms with Crippen LogP contribution in [0.3, 0.4) is 0 Å². The number of benzene rings is 9. The zero-order valence-electron chi connectivity index (χ0n) is 96.0. The third kappa shape index (κ3) is 185. The first kappa shape index (κ1) is 240. The van der Waals surface area contributed by atoms with E-state index in [1.54, 1.807) is 72.8 Å². The number of nitrogens with zero attached hydrogens (tertiary/aromatic N) is 2. The van der Waals surface area contributed by atoms with E-state index in [2.05, 4.69) is 43.6 Å². The number of carbonyl (C=O) groups is 6. The zero-order chi connectivity index (χ0) is 104. The van der Waals surface area contributed by atoms with E-state index in [4.69, 9.17) is 43.5 Å². The second-order valence-corrected chi connectivity index (χ2v) is 18.9. The summed E-state index contributed by atoms with van der Waals surface area (Å²) in [6.45, 7) is 5.42. The van der Waals surface area contributed by atoms with Gasteiger partial charge in [0.1, 0.15) is 37.1 Å². The molecule has 0 fully saturated rings. The van der Waals surface area contributed by atoms with Gasteiger partial charge in [0.25, 0.3) is 24.2 Å². The molecule has 133 heavy (non-hydrogen) atoms. The van der Waals surface area contributed by atoms with Gasteiger partial charge in [-0.15, -0.1) is 0 Å². The van der Waals surface area contributed by atoms with Crippen LogP contribution in [0.1, 0.15) is 84.7 Å². The fourth-order valence-corrected chi connectivity index (χ4v) is 7.69. The zero-order valence-corrected chi connectivity index (χ0v) is 238. The molecule has 0 saturated carbocycles. The van der Waals surface area contributed by atoms with Crippen LogP contribution in [0.2, 0.25) is 0 Å². The molecule has 63 heteroatoms. The van der Waals surface area contributed by atoms with Crippen LogP contribution in [0.15, 0.2) is 260 Å². The summed E-state index contributed by atoms with van der Waals surface area (Å²) in [5.41, 5.74) is 10.2. The molecule has 0 bridgehead atoms. The third-order valence-corrected chi connectivity index (χ3v) is 12.1. The molecule has 1 N–H and O–H groups in total. The Balaban J connectivity index is -0.0000000528. The van der Waals surface area contributed by atoms with Gasteiger partial charge in [-0.1, -0.05) is 198 Å². The van der Waals surface area contributed by atoms with E-state index in [1.165, 1.54) is 1290 Å². The summed E-state index contributed by atoms with van der Waals surface area (Å²) < 4.78 is 20.9. The molecule has 0 spiro atoms. The summed E-state index contributed by atoms with van der Waals surface area (Å²) in [6.07, 6.45) is 0. The summed E-state index contributed by atoms with van der Waals surface area (Å²) in [6, 6.07) is 78.2. The van der Waals surface area contributed by atoms with Gasteiger partial charge in [-0.25, -0.2) is 10.5 Å². The number of halogens is 1. The van der Waals surface area contributed by atoms with Crippen LogP contribution < -0.4 is 266 Å². The van der Waals surface area contributed by atoms with Crippen LogP contribution in [0.5, 0.6) is 17.2 Å². The van der Waals surface area contributed by atoms with Crippen LogP contribution in [0.25, 0.3) is 0 Å². The van der Waals surface area contributed by atoms with Crippen molar-refractivity contribution in [3.8, 4) is 17.2 Å². The van der Waals surface area contributed by atoms with Crippen molar-refractivity contribution in [2.75, 3.05) is 0 Å². The number of nitrogens with one attached hydrogen (secondary N) is 1. The maximum absolute atomic E-state index is 13.0. The Morgan fingerprint density at radius 1 is 0.338 bits per heavy atom. The van der Waals surface area contributed by atoms with Crippen molar-refractivity contribution in [2.24, 2.45) is 5.16 Å². The number of ether oxygens (including phenoxy) is 4. The van der Waals surface area contributed by atoms with Crippen molar-refractivity contribution in [2.45, 2.75) is 59.1 Å². The number of rotatable bonds is 21. The molecule has 0 aromatic heterocycles. The Hall–Kier alpha value is 62.3. The Labute approximate surface area is 1920 Å². The second-order valence-electron chi connectivity index (χ2n) is 18.4. The third-order valence-electron chi connectivity index (χ3n) is 11.5. The Kier molecular flexibility index (Phi) is 412. The summed E-state index contributed by atoms with van der Waals surface area (Å²) in [7, 11) is 0. The van der Waals surface area contributed by atoms with Gasteiger partial charge in [0.2, 0.25) is 0 Å². The summed E-state index contributed by atoms with van der Waals surface area (Å²) in [5.74, 6) is -0.205. The molecule has 18 nitrogen and oxygen atoms in total. The molecule has 9 aromatic carbocycles. The number of hydroxylamine groups is 3. The number of alkyl halides is 1. The minimum absolute atomic E-state index is 0. The molecule has 0 unspecified atom stereocenters. The van der Waals surface area contributed by atoms with Crippen molar-refractivity contribution >= 4 is 1320 Å². The number of esters is 3. The number of hydrogen-bond acceptors (Lipinski definition) is 16. The molecule has 0 saturated heterocycles. The number of oxime groups is 1. The van der Waals surface area contributed by atoms with E-state index in [0.29, 0.717) is 54.0 Å². The standard InChI is InChI=1S/2C23H21NO4.C16H15NO4.C7H7Br.CH2O3.2Cs.42K.3H/c1-18(25)28-22-14-12-21(13-15-22)23(26-16-19-8-4-2-5-9-19)24-27-17-20-10-6-3-7-11-20;1-18(25)28-22-14-12-21(13-15-22)23(26)24(16-19-8-4-2-5-9-19)27-17-20-10-6-3-7-11-20;1-12(18)21-15-9-7-14(8-10-15)16(19)17-20-11-13-5-3-2-4-6-13;8-6-7-4-2-1-3-5-7;2-1-4-3;;;;;;;;;;;;;;;;;;;;;;;;;;;;;;;;;;;;;;;;;;;;;;;/h2*2-15H,16-17H2,1H3;2-10H,11H2,1H3,(H,17,19);1-5H,6H2;1,3H;;;;;;;;;;;;;;;;;;;;;;;;;;;;;;;;;;;;;;;;;;;;;;;/q;;;;;2*+1;;;;;;;;;;;;;;;;;;;;;;;;;;;;;;;;;;;;;;;;;2*+1;3*-1/p-1/b24-23-;;;;;;;;;;;;;;;;;;;;;;;;;;;;;;;;;;;;;;;;;;;;;;;;;;;. The van der Waals surface area contributed by atoms with E-state index >= 15 is 0 Å². The molecular formula is C70H68BrCs2K42N3O15. The quantitative estimate of drug-likeness (QED) is 0.00812. The molecule has 0 heterocycles. The molecular weight excluding hydrogens is 3110 g/mol. The van der Waals surface area contributed by atoms with Gasteiger partial charge in [0, 0.05) is 42.8 Å². The minimum atomic E-state index is -0.407. The van der Waals surface area contributed by atoms with E-state index < -0.39 is 11.9 Å². The van der Waals surface area contributed by atoms with E-state index in [9.17, 15) is 24.0 Å². The average Bonchev–Trinajstić information content (AvgIpc) is 0.883. The molecule has 504 valence electrons. The molecule has 0 atom stereocenters. The first-order chi connectivity index (χ1) is 63.3. The van der Waals surface area contributed by atoms with Crippen molar-refractivity contribution in [3.63, 3.8) is 0 Å². The predicted octanol–water partition coefficient (Wildman–Crippen LogP) is -14.3. The predicted molar refractivity (Wildman–Crippen MR) is 568 cm³/mol.